The van der Waals surface area contributed by atoms with Gasteiger partial charge >= 0.3 is 0 Å². The van der Waals surface area contributed by atoms with E-state index in [9.17, 15) is 0 Å². The first-order valence-electron chi connectivity index (χ1n) is 4.65. The fourth-order valence-corrected chi connectivity index (χ4v) is 1.78. The molecule has 0 bridgehead atoms. The first kappa shape index (κ1) is 12.6. The number of halogens is 1. The van der Waals surface area contributed by atoms with Crippen LogP contribution in [0.2, 0.25) is 6.55 Å². The van der Waals surface area contributed by atoms with Gasteiger partial charge in [0.2, 0.25) is 0 Å². The highest BCUT2D eigenvalue weighted by Crippen LogP contribution is 2.20. The van der Waals surface area contributed by atoms with Crippen LogP contribution in [-0.2, 0) is 9.47 Å². The zero-order valence-electron chi connectivity index (χ0n) is 8.23. The Kier molecular flexibility index (Phi) is 7.43. The van der Waals surface area contributed by atoms with Crippen molar-refractivity contribution < 1.29 is 9.47 Å². The molecule has 0 radical (unpaired) electrons. The Morgan fingerprint density at radius 2 is 1.58 bits per heavy atom. The number of hydrogen-bond acceptors (Lipinski definition) is 2. The summed E-state index contributed by atoms with van der Waals surface area (Å²) in [5.74, 6) is 0. The molecule has 0 aliphatic heterocycles. The number of hydrogen-bond donors (Lipinski definition) is 0. The highest BCUT2D eigenvalue weighted by molar-refractivity contribution is 9.10. The fourth-order valence-electron chi connectivity index (χ4n) is 0.755. The van der Waals surface area contributed by atoms with E-state index in [0.29, 0.717) is 0 Å². The molecule has 0 aliphatic rings. The molecule has 0 aliphatic carbocycles. The summed E-state index contributed by atoms with van der Waals surface area (Å²) in [6, 6.07) is 0. The standard InChI is InChI=1S/C8H19BrO2Si/c1-4-6-10-8(9,12-3)11-7-5-2/h4-7,12H2,1-3H3. The SMILES string of the molecule is CCCOC(Br)(OCCC)[SiH2]C. The normalized spacial score (nSPS) is 13.0. The Bertz CT molecular complexity index is 103. The lowest BCUT2D eigenvalue weighted by Gasteiger charge is -2.26. The van der Waals surface area contributed by atoms with Crippen LogP contribution >= 0.6 is 15.9 Å². The Balaban J connectivity index is 3.70. The highest BCUT2D eigenvalue weighted by Gasteiger charge is 2.24. The maximum absolute atomic E-state index is 5.59. The summed E-state index contributed by atoms with van der Waals surface area (Å²) < 4.78 is 10.8. The van der Waals surface area contributed by atoms with Crippen molar-refractivity contribution in [3.63, 3.8) is 0 Å². The average molecular weight is 255 g/mol. The summed E-state index contributed by atoms with van der Waals surface area (Å²) in [6.45, 7) is 7.93. The number of alkyl halides is 1. The van der Waals surface area contributed by atoms with Gasteiger partial charge in [-0.2, -0.15) is 0 Å². The third-order valence-corrected chi connectivity index (χ3v) is 4.86. The van der Waals surface area contributed by atoms with Gasteiger partial charge in [-0.25, -0.2) is 0 Å². The average Bonchev–Trinajstić information content (AvgIpc) is 2.11. The molecule has 0 aromatic heterocycles. The lowest BCUT2D eigenvalue weighted by Crippen LogP contribution is -2.34. The highest BCUT2D eigenvalue weighted by atomic mass is 79.9. The molecule has 0 saturated heterocycles. The number of ether oxygens (including phenoxy) is 2. The molecule has 0 heterocycles. The van der Waals surface area contributed by atoms with Crippen LogP contribution in [0.3, 0.4) is 0 Å². The van der Waals surface area contributed by atoms with Crippen LogP contribution in [0.4, 0.5) is 0 Å². The third-order valence-electron chi connectivity index (χ3n) is 1.47. The van der Waals surface area contributed by atoms with Gasteiger partial charge in [-0.15, -0.1) is 0 Å². The minimum atomic E-state index is -0.404. The van der Waals surface area contributed by atoms with Crippen LogP contribution in [0, 0.1) is 0 Å². The van der Waals surface area contributed by atoms with Crippen molar-refractivity contribution in [3.05, 3.63) is 0 Å². The van der Waals surface area contributed by atoms with Gasteiger partial charge in [0.25, 0.3) is 0 Å². The van der Waals surface area contributed by atoms with E-state index in [2.05, 4.69) is 36.3 Å². The molecule has 0 fully saturated rings. The zero-order valence-corrected chi connectivity index (χ0v) is 11.2. The predicted molar refractivity (Wildman–Crippen MR) is 58.6 cm³/mol. The van der Waals surface area contributed by atoms with E-state index in [1.54, 1.807) is 0 Å². The molecular formula is C8H19BrO2Si. The van der Waals surface area contributed by atoms with E-state index in [4.69, 9.17) is 9.47 Å². The van der Waals surface area contributed by atoms with Crippen LogP contribution in [0.15, 0.2) is 0 Å². The van der Waals surface area contributed by atoms with E-state index in [-0.39, 0.29) is 9.52 Å². The van der Waals surface area contributed by atoms with Crippen molar-refractivity contribution >= 4 is 25.4 Å². The lowest BCUT2D eigenvalue weighted by molar-refractivity contribution is -0.111. The second kappa shape index (κ2) is 7.06. The quantitative estimate of drug-likeness (QED) is 0.394. The van der Waals surface area contributed by atoms with E-state index in [1.807, 2.05) is 0 Å². The molecule has 0 aromatic carbocycles. The molecule has 12 heavy (non-hydrogen) atoms. The molecular weight excluding hydrogens is 236 g/mol. The van der Waals surface area contributed by atoms with Crippen LogP contribution in [0.1, 0.15) is 26.7 Å². The van der Waals surface area contributed by atoms with Gasteiger partial charge in [0.15, 0.2) is 4.32 Å². The van der Waals surface area contributed by atoms with Gasteiger partial charge in [-0.3, -0.25) is 0 Å². The maximum atomic E-state index is 5.59. The summed E-state index contributed by atoms with van der Waals surface area (Å²) in [5.41, 5.74) is 0. The molecule has 0 atom stereocenters. The lowest BCUT2D eigenvalue weighted by atomic mass is 10.5. The van der Waals surface area contributed by atoms with Crippen LogP contribution < -0.4 is 0 Å². The molecule has 0 amide bonds. The Morgan fingerprint density at radius 3 is 1.83 bits per heavy atom. The summed E-state index contributed by atoms with van der Waals surface area (Å²) in [6.07, 6.45) is 2.08. The summed E-state index contributed by atoms with van der Waals surface area (Å²) >= 11 is 3.50. The molecule has 0 N–H and O–H groups in total. The maximum Gasteiger partial charge on any atom is 0.198 e. The van der Waals surface area contributed by atoms with E-state index < -0.39 is 4.32 Å². The second-order valence-corrected chi connectivity index (χ2v) is 6.59. The minimum absolute atomic E-state index is 0.337. The van der Waals surface area contributed by atoms with Crippen LogP contribution in [0.5, 0.6) is 0 Å². The zero-order chi connectivity index (χ0) is 9.45. The Hall–Kier alpha value is 0.617. The van der Waals surface area contributed by atoms with Gasteiger partial charge in [0.1, 0.15) is 9.52 Å². The van der Waals surface area contributed by atoms with Crippen molar-refractivity contribution in [1.82, 2.24) is 0 Å². The summed E-state index contributed by atoms with van der Waals surface area (Å²) in [5, 5.41) is 0. The van der Waals surface area contributed by atoms with Gasteiger partial charge in [0.05, 0.1) is 13.2 Å². The Morgan fingerprint density at radius 1 is 1.17 bits per heavy atom. The summed E-state index contributed by atoms with van der Waals surface area (Å²) in [7, 11) is -0.337. The van der Waals surface area contributed by atoms with Crippen LogP contribution in [-0.4, -0.2) is 27.1 Å². The van der Waals surface area contributed by atoms with Crippen molar-refractivity contribution in [2.24, 2.45) is 0 Å². The smallest absolute Gasteiger partial charge is 0.198 e. The first-order chi connectivity index (χ1) is 5.68. The van der Waals surface area contributed by atoms with E-state index in [0.717, 1.165) is 26.1 Å². The molecule has 2 nitrogen and oxygen atoms in total. The third kappa shape index (κ3) is 5.30. The first-order valence-corrected chi connectivity index (χ1v) is 7.56. The van der Waals surface area contributed by atoms with Gasteiger partial charge in [-0.05, 0) is 28.8 Å². The van der Waals surface area contributed by atoms with E-state index >= 15 is 0 Å². The fraction of sp³-hybridized carbons (Fsp3) is 1.00. The summed E-state index contributed by atoms with van der Waals surface area (Å²) in [4.78, 5) is 0. The van der Waals surface area contributed by atoms with Crippen LogP contribution in [0.25, 0.3) is 0 Å². The largest absolute Gasteiger partial charge is 0.345 e. The Labute approximate surface area is 86.0 Å². The predicted octanol–water partition coefficient (Wildman–Crippen LogP) is 2.06. The van der Waals surface area contributed by atoms with Crippen molar-refractivity contribution in [1.29, 1.82) is 0 Å². The monoisotopic (exact) mass is 254 g/mol. The minimum Gasteiger partial charge on any atom is -0.345 e. The van der Waals surface area contributed by atoms with Gasteiger partial charge in [0, 0.05) is 0 Å². The molecule has 4 heteroatoms. The molecule has 0 rings (SSSR count). The molecule has 0 saturated carbocycles. The number of rotatable bonds is 7. The second-order valence-electron chi connectivity index (χ2n) is 2.71. The topological polar surface area (TPSA) is 18.5 Å². The van der Waals surface area contributed by atoms with Crippen molar-refractivity contribution in [2.75, 3.05) is 13.2 Å². The van der Waals surface area contributed by atoms with Gasteiger partial charge < -0.3 is 9.47 Å². The van der Waals surface area contributed by atoms with E-state index in [1.165, 1.54) is 0 Å². The van der Waals surface area contributed by atoms with Crippen molar-refractivity contribution in [2.45, 2.75) is 37.6 Å². The van der Waals surface area contributed by atoms with Gasteiger partial charge in [-0.1, -0.05) is 20.4 Å². The molecule has 0 aromatic rings. The molecule has 74 valence electrons. The van der Waals surface area contributed by atoms with Crippen molar-refractivity contribution in [3.8, 4) is 0 Å². The molecule has 0 unspecified atom stereocenters. The molecule has 0 spiro atoms.